The van der Waals surface area contributed by atoms with Crippen molar-refractivity contribution in [2.45, 2.75) is 39.3 Å². The third-order valence-corrected chi connectivity index (χ3v) is 5.86. The summed E-state index contributed by atoms with van der Waals surface area (Å²) in [5, 5.41) is 1.49. The number of hydrogen-bond acceptors (Lipinski definition) is 6. The fourth-order valence-electron chi connectivity index (χ4n) is 3.68. The van der Waals surface area contributed by atoms with Crippen LogP contribution in [0.5, 0.6) is 0 Å². The number of halogens is 2. The molecule has 3 aromatic heterocycles. The van der Waals surface area contributed by atoms with E-state index in [0.29, 0.717) is 30.5 Å². The highest BCUT2D eigenvalue weighted by atomic mass is 79.9. The van der Waals surface area contributed by atoms with Gasteiger partial charge in [-0.15, -0.1) is 0 Å². The zero-order chi connectivity index (χ0) is 22.3. The molecule has 3 aromatic rings. The van der Waals surface area contributed by atoms with Crippen molar-refractivity contribution in [3.8, 4) is 5.82 Å². The molecule has 4 rings (SSSR count). The number of anilines is 1. The van der Waals surface area contributed by atoms with Crippen molar-refractivity contribution in [3.05, 3.63) is 40.3 Å². The number of pyridine rings is 1. The molecule has 0 N–H and O–H groups in total. The fraction of sp³-hybridized carbons (Fsp3) is 0.429. The minimum Gasteiger partial charge on any atom is -0.444 e. The topological polar surface area (TPSA) is 76.4 Å². The minimum absolute atomic E-state index is 0.0240. The first-order valence-electron chi connectivity index (χ1n) is 10.0. The van der Waals surface area contributed by atoms with Crippen molar-refractivity contribution in [2.75, 3.05) is 24.5 Å². The molecular weight excluding hydrogens is 484 g/mol. The van der Waals surface area contributed by atoms with Gasteiger partial charge < -0.3 is 14.5 Å². The Balaban J connectivity index is 1.63. The molecule has 1 amide bonds. The van der Waals surface area contributed by atoms with E-state index in [2.05, 4.69) is 35.8 Å². The number of hydrogen-bond donors (Lipinski definition) is 0. The lowest BCUT2D eigenvalue weighted by molar-refractivity contribution is 0.0159. The van der Waals surface area contributed by atoms with Gasteiger partial charge in [-0.3, -0.25) is 4.57 Å². The Morgan fingerprint density at radius 1 is 1.26 bits per heavy atom. The maximum atomic E-state index is 12.6. The summed E-state index contributed by atoms with van der Waals surface area (Å²) in [6.07, 6.45) is 4.85. The molecule has 4 heterocycles. The van der Waals surface area contributed by atoms with E-state index < -0.39 is 5.60 Å². The van der Waals surface area contributed by atoms with Crippen LogP contribution < -0.4 is 4.90 Å². The van der Waals surface area contributed by atoms with Crippen LogP contribution in [-0.4, -0.2) is 61.8 Å². The number of ether oxygens (including phenoxy) is 1. The van der Waals surface area contributed by atoms with Crippen LogP contribution in [0, 0.1) is 0 Å². The Morgan fingerprint density at radius 2 is 2.03 bits per heavy atom. The average molecular weight is 508 g/mol. The second kappa shape index (κ2) is 8.27. The van der Waals surface area contributed by atoms with Crippen LogP contribution in [0.4, 0.5) is 10.6 Å². The molecule has 1 aliphatic heterocycles. The van der Waals surface area contributed by atoms with E-state index in [-0.39, 0.29) is 12.1 Å². The van der Waals surface area contributed by atoms with Gasteiger partial charge in [0.15, 0.2) is 5.65 Å². The van der Waals surface area contributed by atoms with E-state index in [9.17, 15) is 4.79 Å². The number of aromatic nitrogens is 4. The zero-order valence-electron chi connectivity index (χ0n) is 17.8. The molecule has 1 fully saturated rings. The van der Waals surface area contributed by atoms with Crippen LogP contribution >= 0.6 is 27.5 Å². The second-order valence-corrected chi connectivity index (χ2v) is 9.83. The Bertz CT molecular complexity index is 1130. The van der Waals surface area contributed by atoms with E-state index in [0.717, 1.165) is 21.3 Å². The molecule has 0 bridgehead atoms. The third-order valence-electron chi connectivity index (χ3n) is 5.03. The normalized spacial score (nSPS) is 17.3. The van der Waals surface area contributed by atoms with E-state index in [4.69, 9.17) is 16.3 Å². The van der Waals surface area contributed by atoms with E-state index in [1.807, 2.05) is 38.5 Å². The van der Waals surface area contributed by atoms with Gasteiger partial charge in [-0.1, -0.05) is 11.6 Å². The van der Waals surface area contributed by atoms with Crippen molar-refractivity contribution in [2.24, 2.45) is 0 Å². The Hall–Kier alpha value is -2.39. The maximum Gasteiger partial charge on any atom is 0.410 e. The smallest absolute Gasteiger partial charge is 0.410 e. The first-order valence-corrected chi connectivity index (χ1v) is 11.2. The van der Waals surface area contributed by atoms with Crippen LogP contribution in [0.15, 0.2) is 35.3 Å². The predicted molar refractivity (Wildman–Crippen MR) is 124 cm³/mol. The number of piperazine rings is 1. The van der Waals surface area contributed by atoms with Crippen molar-refractivity contribution in [1.29, 1.82) is 0 Å². The van der Waals surface area contributed by atoms with Crippen LogP contribution in [0.2, 0.25) is 5.02 Å². The average Bonchev–Trinajstić information content (AvgIpc) is 3.03. The number of nitrogens with zero attached hydrogens (tertiary/aromatic N) is 6. The zero-order valence-corrected chi connectivity index (χ0v) is 20.2. The first-order chi connectivity index (χ1) is 14.6. The first kappa shape index (κ1) is 21.8. The lowest BCUT2D eigenvalue weighted by Gasteiger charge is -2.40. The van der Waals surface area contributed by atoms with Gasteiger partial charge >= 0.3 is 6.09 Å². The molecule has 0 aromatic carbocycles. The molecule has 1 aliphatic rings. The van der Waals surface area contributed by atoms with E-state index in [1.165, 1.54) is 0 Å². The standard InChI is InChI=1S/C21H24BrClN6O2/c1-13-10-27(7-8-28(13)20(30)31-21(2,3)4)18-17-15(22)11-29(19(17)26-12-25-18)16-9-14(23)5-6-24-16/h5-6,9,11-13H,7-8,10H2,1-4H3. The molecule has 1 atom stereocenters. The van der Waals surface area contributed by atoms with Gasteiger partial charge in [-0.2, -0.15) is 0 Å². The van der Waals surface area contributed by atoms with Crippen molar-refractivity contribution in [1.82, 2.24) is 24.4 Å². The maximum absolute atomic E-state index is 12.6. The SMILES string of the molecule is CC1CN(c2ncnc3c2c(Br)cn3-c2cc(Cl)ccn2)CCN1C(=O)OC(C)(C)C. The van der Waals surface area contributed by atoms with Crippen LogP contribution in [0.3, 0.4) is 0 Å². The Labute approximate surface area is 194 Å². The van der Waals surface area contributed by atoms with Crippen molar-refractivity contribution in [3.63, 3.8) is 0 Å². The number of fused-ring (bicyclic) bond motifs is 1. The monoisotopic (exact) mass is 506 g/mol. The molecule has 1 saturated heterocycles. The molecular formula is C21H24BrClN6O2. The van der Waals surface area contributed by atoms with Crippen molar-refractivity contribution < 1.29 is 9.53 Å². The second-order valence-electron chi connectivity index (χ2n) is 8.54. The number of rotatable bonds is 2. The summed E-state index contributed by atoms with van der Waals surface area (Å²) in [6, 6.07) is 3.50. The van der Waals surface area contributed by atoms with Gasteiger partial charge in [0.05, 0.1) is 5.39 Å². The predicted octanol–water partition coefficient (Wildman–Crippen LogP) is 4.68. The lowest BCUT2D eigenvalue weighted by Crippen LogP contribution is -2.55. The molecule has 0 saturated carbocycles. The number of carbonyl (C=O) groups is 1. The fourth-order valence-corrected chi connectivity index (χ4v) is 4.40. The molecule has 1 unspecified atom stereocenters. The highest BCUT2D eigenvalue weighted by Gasteiger charge is 2.32. The van der Waals surface area contributed by atoms with Gasteiger partial charge in [0, 0.05) is 53.6 Å². The van der Waals surface area contributed by atoms with Crippen molar-refractivity contribution >= 4 is 50.5 Å². The summed E-state index contributed by atoms with van der Waals surface area (Å²) in [5.41, 5.74) is 0.211. The molecule has 164 valence electrons. The van der Waals surface area contributed by atoms with Gasteiger partial charge in [-0.25, -0.2) is 19.7 Å². The van der Waals surface area contributed by atoms with Crippen LogP contribution in [0.1, 0.15) is 27.7 Å². The van der Waals surface area contributed by atoms with Gasteiger partial charge in [-0.05, 0) is 49.7 Å². The minimum atomic E-state index is -0.519. The summed E-state index contributed by atoms with van der Waals surface area (Å²) in [4.78, 5) is 30.0. The number of amides is 1. The summed E-state index contributed by atoms with van der Waals surface area (Å²) in [7, 11) is 0. The van der Waals surface area contributed by atoms with Gasteiger partial charge in [0.25, 0.3) is 0 Å². The summed E-state index contributed by atoms with van der Waals surface area (Å²) >= 11 is 9.81. The third kappa shape index (κ3) is 4.48. The molecule has 8 nitrogen and oxygen atoms in total. The Kier molecular flexibility index (Phi) is 5.83. The molecule has 0 spiro atoms. The summed E-state index contributed by atoms with van der Waals surface area (Å²) in [5.74, 6) is 1.49. The summed E-state index contributed by atoms with van der Waals surface area (Å²) in [6.45, 7) is 9.47. The van der Waals surface area contributed by atoms with Crippen LogP contribution in [0.25, 0.3) is 16.9 Å². The molecule has 0 aliphatic carbocycles. The Morgan fingerprint density at radius 3 is 2.71 bits per heavy atom. The molecule has 10 heteroatoms. The van der Waals surface area contributed by atoms with Gasteiger partial charge in [0.1, 0.15) is 23.6 Å². The lowest BCUT2D eigenvalue weighted by atomic mass is 10.2. The van der Waals surface area contributed by atoms with Gasteiger partial charge in [0.2, 0.25) is 0 Å². The highest BCUT2D eigenvalue weighted by molar-refractivity contribution is 9.10. The number of carbonyl (C=O) groups excluding carboxylic acids is 1. The van der Waals surface area contributed by atoms with E-state index >= 15 is 0 Å². The largest absolute Gasteiger partial charge is 0.444 e. The van der Waals surface area contributed by atoms with E-state index in [1.54, 1.807) is 29.6 Å². The summed E-state index contributed by atoms with van der Waals surface area (Å²) < 4.78 is 8.30. The molecule has 31 heavy (non-hydrogen) atoms. The highest BCUT2D eigenvalue weighted by Crippen LogP contribution is 2.34. The molecule has 0 radical (unpaired) electrons. The quantitative estimate of drug-likeness (QED) is 0.501. The van der Waals surface area contributed by atoms with Crippen LogP contribution in [-0.2, 0) is 4.74 Å².